The summed E-state index contributed by atoms with van der Waals surface area (Å²) < 4.78 is 15.5. The van der Waals surface area contributed by atoms with Gasteiger partial charge in [-0.2, -0.15) is 0 Å². The molecule has 4 nitrogen and oxygen atoms in total. The fourth-order valence-corrected chi connectivity index (χ4v) is 2.54. The molecule has 96 valence electrons. The van der Waals surface area contributed by atoms with Gasteiger partial charge in [-0.1, -0.05) is 0 Å². The highest BCUT2D eigenvalue weighted by Crippen LogP contribution is 2.26. The molecule has 0 saturated heterocycles. The molecule has 0 aliphatic carbocycles. The molecule has 19 heavy (non-hydrogen) atoms. The third-order valence-electron chi connectivity index (χ3n) is 2.62. The van der Waals surface area contributed by atoms with E-state index >= 15 is 0 Å². The van der Waals surface area contributed by atoms with Gasteiger partial charge in [0.1, 0.15) is 5.82 Å². The molecule has 0 bridgehead atoms. The molecule has 3 rings (SSSR count). The molecule has 2 N–H and O–H groups in total. The second-order valence-electron chi connectivity index (χ2n) is 4.04. The number of hydrogen-bond donors (Lipinski definition) is 1. The molecule has 0 aliphatic rings. The van der Waals surface area contributed by atoms with Crippen LogP contribution in [0.5, 0.6) is 0 Å². The van der Waals surface area contributed by atoms with Crippen molar-refractivity contribution in [2.45, 2.75) is 10.6 Å². The molecule has 0 atom stereocenters. The van der Waals surface area contributed by atoms with Gasteiger partial charge in [0.15, 0.2) is 0 Å². The van der Waals surface area contributed by atoms with Crippen LogP contribution in [0.25, 0.3) is 5.78 Å². The summed E-state index contributed by atoms with van der Waals surface area (Å²) in [5, 5.41) is 0. The number of imidazole rings is 1. The minimum absolute atomic E-state index is 0.299. The number of thioether (sulfide) groups is 1. The molecule has 0 amide bonds. The summed E-state index contributed by atoms with van der Waals surface area (Å²) >= 11 is 1.39. The van der Waals surface area contributed by atoms with Gasteiger partial charge in [0, 0.05) is 34.9 Å². The van der Waals surface area contributed by atoms with E-state index in [1.54, 1.807) is 18.3 Å². The first-order chi connectivity index (χ1) is 9.22. The number of nitrogen functional groups attached to an aromatic ring is 1. The van der Waals surface area contributed by atoms with Gasteiger partial charge in [-0.15, -0.1) is 11.8 Å². The largest absolute Gasteiger partial charge is 0.399 e. The Bertz CT molecular complexity index is 692. The fourth-order valence-electron chi connectivity index (χ4n) is 1.73. The number of nitrogens with two attached hydrogens (primary N) is 1. The third kappa shape index (κ3) is 2.53. The highest BCUT2D eigenvalue weighted by atomic mass is 32.2. The monoisotopic (exact) mass is 274 g/mol. The highest BCUT2D eigenvalue weighted by Gasteiger charge is 2.06. The van der Waals surface area contributed by atoms with Crippen molar-refractivity contribution in [2.24, 2.45) is 0 Å². The summed E-state index contributed by atoms with van der Waals surface area (Å²) in [6, 6.07) is 6.54. The van der Waals surface area contributed by atoms with Crippen LogP contribution < -0.4 is 5.73 Å². The van der Waals surface area contributed by atoms with Gasteiger partial charge in [0.05, 0.1) is 5.69 Å². The molecule has 2 heterocycles. The predicted molar refractivity (Wildman–Crippen MR) is 73.4 cm³/mol. The van der Waals surface area contributed by atoms with Crippen molar-refractivity contribution >= 4 is 23.2 Å². The van der Waals surface area contributed by atoms with Crippen LogP contribution in [0.15, 0.2) is 47.8 Å². The molecule has 0 spiro atoms. The van der Waals surface area contributed by atoms with Gasteiger partial charge in [0.2, 0.25) is 5.78 Å². The first-order valence-corrected chi connectivity index (χ1v) is 6.67. The van der Waals surface area contributed by atoms with Crippen LogP contribution in [-0.4, -0.2) is 14.4 Å². The second-order valence-corrected chi connectivity index (χ2v) is 5.05. The van der Waals surface area contributed by atoms with E-state index in [2.05, 4.69) is 9.97 Å². The van der Waals surface area contributed by atoms with Crippen molar-refractivity contribution in [1.29, 1.82) is 0 Å². The second kappa shape index (κ2) is 4.89. The van der Waals surface area contributed by atoms with E-state index in [-0.39, 0.29) is 5.82 Å². The maximum absolute atomic E-state index is 13.6. The SMILES string of the molecule is Nc1ccc(SCc2cn3cccnc3n2)c(F)c1. The van der Waals surface area contributed by atoms with Gasteiger partial charge >= 0.3 is 0 Å². The van der Waals surface area contributed by atoms with Crippen LogP contribution >= 0.6 is 11.8 Å². The number of rotatable bonds is 3. The zero-order valence-electron chi connectivity index (χ0n) is 9.95. The number of benzene rings is 1. The standard InChI is InChI=1S/C13H11FN4S/c14-11-6-9(15)2-3-12(11)19-8-10-7-18-5-1-4-16-13(18)17-10/h1-7H,8,15H2. The summed E-state index contributed by atoms with van der Waals surface area (Å²) in [7, 11) is 0. The van der Waals surface area contributed by atoms with E-state index in [4.69, 9.17) is 5.73 Å². The Kier molecular flexibility index (Phi) is 3.08. The summed E-state index contributed by atoms with van der Waals surface area (Å²) in [6.45, 7) is 0. The quantitative estimate of drug-likeness (QED) is 0.589. The van der Waals surface area contributed by atoms with E-state index in [1.807, 2.05) is 22.9 Å². The van der Waals surface area contributed by atoms with Gasteiger partial charge in [0.25, 0.3) is 0 Å². The summed E-state index contributed by atoms with van der Waals surface area (Å²) in [5.74, 6) is 0.937. The molecule has 2 aromatic heterocycles. The lowest BCUT2D eigenvalue weighted by molar-refractivity contribution is 0.602. The first kappa shape index (κ1) is 12.0. The fraction of sp³-hybridized carbons (Fsp3) is 0.0769. The molecular formula is C13H11FN4S. The zero-order chi connectivity index (χ0) is 13.2. The maximum atomic E-state index is 13.6. The topological polar surface area (TPSA) is 56.2 Å². The summed E-state index contributed by atoms with van der Waals surface area (Å²) in [5.41, 5.74) is 6.80. The lowest BCUT2D eigenvalue weighted by Crippen LogP contribution is -1.88. The van der Waals surface area contributed by atoms with Crippen LogP contribution in [0.3, 0.4) is 0 Å². The van der Waals surface area contributed by atoms with Gasteiger partial charge in [-0.3, -0.25) is 4.40 Å². The van der Waals surface area contributed by atoms with Gasteiger partial charge < -0.3 is 5.73 Å². The highest BCUT2D eigenvalue weighted by molar-refractivity contribution is 7.98. The van der Waals surface area contributed by atoms with Crippen molar-refractivity contribution in [3.05, 3.63) is 54.4 Å². The summed E-state index contributed by atoms with van der Waals surface area (Å²) in [6.07, 6.45) is 5.47. The molecule has 0 aliphatic heterocycles. The Hall–Kier alpha value is -2.08. The number of nitrogens with zero attached hydrogens (tertiary/aromatic N) is 3. The van der Waals surface area contributed by atoms with Crippen molar-refractivity contribution in [2.75, 3.05) is 5.73 Å². The van der Waals surface area contributed by atoms with E-state index in [9.17, 15) is 4.39 Å². The van der Waals surface area contributed by atoms with E-state index in [0.717, 1.165) is 5.69 Å². The lowest BCUT2D eigenvalue weighted by atomic mass is 10.3. The number of halogens is 1. The number of fused-ring (bicyclic) bond motifs is 1. The minimum atomic E-state index is -0.299. The normalized spacial score (nSPS) is 11.0. The van der Waals surface area contributed by atoms with Crippen LogP contribution in [0.1, 0.15) is 5.69 Å². The molecule has 6 heteroatoms. The van der Waals surface area contributed by atoms with Crippen molar-refractivity contribution < 1.29 is 4.39 Å². The maximum Gasteiger partial charge on any atom is 0.233 e. The molecule has 0 saturated carbocycles. The Labute approximate surface area is 113 Å². The first-order valence-electron chi connectivity index (χ1n) is 5.69. The van der Waals surface area contributed by atoms with Crippen molar-refractivity contribution in [3.63, 3.8) is 0 Å². The third-order valence-corrected chi connectivity index (χ3v) is 3.70. The van der Waals surface area contributed by atoms with Crippen molar-refractivity contribution in [1.82, 2.24) is 14.4 Å². The van der Waals surface area contributed by atoms with Crippen LogP contribution in [0, 0.1) is 5.82 Å². The predicted octanol–water partition coefficient (Wildman–Crippen LogP) is 2.74. The van der Waals surface area contributed by atoms with E-state index < -0.39 is 0 Å². The molecule has 1 aromatic carbocycles. The van der Waals surface area contributed by atoms with Gasteiger partial charge in [-0.25, -0.2) is 14.4 Å². The average Bonchev–Trinajstić information content (AvgIpc) is 2.80. The Balaban J connectivity index is 1.78. The molecule has 0 radical (unpaired) electrons. The van der Waals surface area contributed by atoms with E-state index in [0.29, 0.717) is 22.1 Å². The average molecular weight is 274 g/mol. The number of anilines is 1. The van der Waals surface area contributed by atoms with Crippen LogP contribution in [0.4, 0.5) is 10.1 Å². The molecular weight excluding hydrogens is 263 g/mol. The summed E-state index contributed by atoms with van der Waals surface area (Å²) in [4.78, 5) is 9.07. The van der Waals surface area contributed by atoms with Crippen molar-refractivity contribution in [3.8, 4) is 0 Å². The number of aromatic nitrogens is 3. The molecule has 3 aromatic rings. The lowest BCUT2D eigenvalue weighted by Gasteiger charge is -2.02. The minimum Gasteiger partial charge on any atom is -0.399 e. The Morgan fingerprint density at radius 2 is 2.26 bits per heavy atom. The Morgan fingerprint density at radius 1 is 1.37 bits per heavy atom. The van der Waals surface area contributed by atoms with E-state index in [1.165, 1.54) is 17.8 Å². The molecule has 0 fully saturated rings. The van der Waals surface area contributed by atoms with Crippen LogP contribution in [-0.2, 0) is 5.75 Å². The smallest absolute Gasteiger partial charge is 0.233 e. The zero-order valence-corrected chi connectivity index (χ0v) is 10.8. The Morgan fingerprint density at radius 3 is 3.05 bits per heavy atom. The van der Waals surface area contributed by atoms with Crippen LogP contribution in [0.2, 0.25) is 0 Å². The molecule has 0 unspecified atom stereocenters. The van der Waals surface area contributed by atoms with Gasteiger partial charge in [-0.05, 0) is 24.3 Å². The number of hydrogen-bond acceptors (Lipinski definition) is 4.